The average Bonchev–Trinajstić information content (AvgIpc) is 3.12. The summed E-state index contributed by atoms with van der Waals surface area (Å²) in [6.45, 7) is 3.09. The molecule has 0 aliphatic heterocycles. The highest BCUT2D eigenvalue weighted by Crippen LogP contribution is 2.25. The van der Waals surface area contributed by atoms with Crippen molar-refractivity contribution in [2.45, 2.75) is 26.3 Å². The fourth-order valence-electron chi connectivity index (χ4n) is 2.38. The zero-order valence-electron chi connectivity index (χ0n) is 13.8. The Morgan fingerprint density at radius 2 is 2.16 bits per heavy atom. The molecule has 0 radical (unpaired) electrons. The number of carbonyl (C=O) groups excluding carboxylic acids is 1. The Bertz CT molecular complexity index is 788. The number of nitrogens with zero attached hydrogens (tertiary/aromatic N) is 4. The van der Waals surface area contributed by atoms with E-state index in [1.807, 2.05) is 6.92 Å². The first-order chi connectivity index (χ1) is 11.8. The molecule has 9 heteroatoms. The molecule has 1 unspecified atom stereocenters. The van der Waals surface area contributed by atoms with E-state index in [2.05, 4.69) is 4.98 Å². The fourth-order valence-corrected chi connectivity index (χ4v) is 2.38. The Labute approximate surface area is 143 Å². The largest absolute Gasteiger partial charge is 0.480 e. The molecular weight excluding hydrogens is 328 g/mol. The molecule has 2 aromatic rings. The molecule has 0 saturated carbocycles. The summed E-state index contributed by atoms with van der Waals surface area (Å²) in [7, 11) is 0. The second-order valence-corrected chi connectivity index (χ2v) is 5.51. The number of carboxylic acids is 1. The quantitative estimate of drug-likeness (QED) is 0.606. The van der Waals surface area contributed by atoms with Crippen molar-refractivity contribution in [1.82, 2.24) is 14.5 Å². The first-order valence-corrected chi connectivity index (χ1v) is 7.64. The summed E-state index contributed by atoms with van der Waals surface area (Å²) in [5, 5.41) is 20.4. The van der Waals surface area contributed by atoms with Crippen molar-refractivity contribution >= 4 is 17.6 Å². The number of nitro groups is 1. The molecule has 1 amide bonds. The number of nitro benzene ring substituents is 1. The predicted octanol–water partition coefficient (Wildman–Crippen LogP) is 2.11. The third-order valence-electron chi connectivity index (χ3n) is 3.89. The van der Waals surface area contributed by atoms with E-state index >= 15 is 0 Å². The van der Waals surface area contributed by atoms with E-state index in [-0.39, 0.29) is 23.0 Å². The topological polar surface area (TPSA) is 119 Å². The van der Waals surface area contributed by atoms with Gasteiger partial charge in [0, 0.05) is 30.1 Å². The lowest BCUT2D eigenvalue weighted by atomic mass is 10.1. The summed E-state index contributed by atoms with van der Waals surface area (Å²) in [6.07, 6.45) is 5.02. The summed E-state index contributed by atoms with van der Waals surface area (Å²) in [5.74, 6) is -1.70. The highest BCUT2D eigenvalue weighted by atomic mass is 16.6. The Morgan fingerprint density at radius 1 is 1.44 bits per heavy atom. The number of carbonyl (C=O) groups is 2. The van der Waals surface area contributed by atoms with Gasteiger partial charge in [-0.05, 0) is 25.5 Å². The lowest BCUT2D eigenvalue weighted by Gasteiger charge is -2.27. The van der Waals surface area contributed by atoms with Gasteiger partial charge in [0.05, 0.1) is 11.3 Å². The molecule has 0 spiro atoms. The van der Waals surface area contributed by atoms with Crippen molar-refractivity contribution in [2.75, 3.05) is 6.54 Å². The zero-order valence-corrected chi connectivity index (χ0v) is 13.8. The van der Waals surface area contributed by atoms with Gasteiger partial charge in [-0.3, -0.25) is 19.7 Å². The number of hydrogen-bond acceptors (Lipinski definition) is 5. The Morgan fingerprint density at radius 3 is 2.68 bits per heavy atom. The van der Waals surface area contributed by atoms with E-state index in [0.717, 1.165) is 6.07 Å². The van der Waals surface area contributed by atoms with E-state index in [1.54, 1.807) is 13.1 Å². The zero-order chi connectivity index (χ0) is 18.6. The number of rotatable bonds is 7. The number of carboxylic acid groups (broad SMARTS) is 1. The number of amides is 1. The molecule has 0 bridgehead atoms. The van der Waals surface area contributed by atoms with Crippen LogP contribution in [-0.2, 0) is 4.79 Å². The molecule has 1 aromatic carbocycles. The minimum absolute atomic E-state index is 0.0668. The minimum Gasteiger partial charge on any atom is -0.480 e. The molecule has 1 atom stereocenters. The van der Waals surface area contributed by atoms with E-state index in [9.17, 15) is 19.7 Å². The fraction of sp³-hybridized carbons (Fsp3) is 0.312. The first kappa shape index (κ1) is 18.1. The summed E-state index contributed by atoms with van der Waals surface area (Å²) in [4.78, 5) is 39.6. The van der Waals surface area contributed by atoms with Gasteiger partial charge in [-0.15, -0.1) is 0 Å². The van der Waals surface area contributed by atoms with E-state index in [0.29, 0.717) is 6.42 Å². The van der Waals surface area contributed by atoms with Crippen LogP contribution in [0.4, 0.5) is 5.69 Å². The van der Waals surface area contributed by atoms with Gasteiger partial charge in [0.1, 0.15) is 12.2 Å². The maximum absolute atomic E-state index is 12.7. The smallest absolute Gasteiger partial charge is 0.323 e. The monoisotopic (exact) mass is 346 g/mol. The predicted molar refractivity (Wildman–Crippen MR) is 88.6 cm³/mol. The maximum atomic E-state index is 12.7. The van der Waals surface area contributed by atoms with Crippen LogP contribution in [0.2, 0.25) is 0 Å². The van der Waals surface area contributed by atoms with E-state index < -0.39 is 23.3 Å². The lowest BCUT2D eigenvalue weighted by Crippen LogP contribution is -2.41. The van der Waals surface area contributed by atoms with Crippen molar-refractivity contribution in [3.8, 4) is 5.69 Å². The van der Waals surface area contributed by atoms with Crippen LogP contribution in [-0.4, -0.2) is 48.9 Å². The number of aromatic nitrogens is 2. The molecule has 0 saturated heterocycles. The average molecular weight is 346 g/mol. The minimum atomic E-state index is -1.14. The Hall–Kier alpha value is -3.23. The van der Waals surface area contributed by atoms with Gasteiger partial charge in [-0.2, -0.15) is 0 Å². The van der Waals surface area contributed by atoms with Crippen molar-refractivity contribution in [3.63, 3.8) is 0 Å². The SMILES string of the molecule is CCC(C)N(CC(=O)O)C(=O)c1ccc(-n2ccnc2)c([N+](=O)[O-])c1. The highest BCUT2D eigenvalue weighted by molar-refractivity contribution is 5.97. The van der Waals surface area contributed by atoms with Crippen molar-refractivity contribution in [2.24, 2.45) is 0 Å². The molecule has 0 aliphatic carbocycles. The van der Waals surface area contributed by atoms with Gasteiger partial charge in [0.2, 0.25) is 0 Å². The van der Waals surface area contributed by atoms with Crippen molar-refractivity contribution < 1.29 is 19.6 Å². The van der Waals surface area contributed by atoms with Crippen LogP contribution >= 0.6 is 0 Å². The number of imidazole rings is 1. The summed E-state index contributed by atoms with van der Waals surface area (Å²) >= 11 is 0. The molecular formula is C16H18N4O5. The van der Waals surface area contributed by atoms with Gasteiger partial charge >= 0.3 is 5.97 Å². The molecule has 1 N–H and O–H groups in total. The van der Waals surface area contributed by atoms with Gasteiger partial charge in [0.15, 0.2) is 0 Å². The maximum Gasteiger partial charge on any atom is 0.323 e. The molecule has 132 valence electrons. The molecule has 2 rings (SSSR count). The molecule has 1 heterocycles. The van der Waals surface area contributed by atoms with Crippen molar-refractivity contribution in [1.29, 1.82) is 0 Å². The molecule has 25 heavy (non-hydrogen) atoms. The second-order valence-electron chi connectivity index (χ2n) is 5.51. The van der Waals surface area contributed by atoms with Crippen molar-refractivity contribution in [3.05, 3.63) is 52.6 Å². The van der Waals surface area contributed by atoms with Gasteiger partial charge in [0.25, 0.3) is 11.6 Å². The third-order valence-corrected chi connectivity index (χ3v) is 3.89. The van der Waals surface area contributed by atoms with Crippen LogP contribution in [0.3, 0.4) is 0 Å². The van der Waals surface area contributed by atoms with Gasteiger partial charge in [-0.25, -0.2) is 4.98 Å². The lowest BCUT2D eigenvalue weighted by molar-refractivity contribution is -0.384. The van der Waals surface area contributed by atoms with Crippen LogP contribution in [0.15, 0.2) is 36.9 Å². The first-order valence-electron chi connectivity index (χ1n) is 7.64. The Balaban J connectivity index is 2.44. The number of benzene rings is 1. The highest BCUT2D eigenvalue weighted by Gasteiger charge is 2.25. The van der Waals surface area contributed by atoms with Gasteiger partial charge in [-0.1, -0.05) is 6.92 Å². The summed E-state index contributed by atoms with van der Waals surface area (Å²) < 4.78 is 1.47. The second kappa shape index (κ2) is 7.56. The van der Waals surface area contributed by atoms with Crippen LogP contribution in [0.1, 0.15) is 30.6 Å². The van der Waals surface area contributed by atoms with Gasteiger partial charge < -0.3 is 14.6 Å². The normalized spacial score (nSPS) is 11.8. The Kier molecular flexibility index (Phi) is 5.48. The van der Waals surface area contributed by atoms with E-state index in [4.69, 9.17) is 5.11 Å². The molecule has 0 aliphatic rings. The molecule has 1 aromatic heterocycles. The third kappa shape index (κ3) is 4.00. The summed E-state index contributed by atoms with van der Waals surface area (Å²) in [5.41, 5.74) is 0.0766. The van der Waals surface area contributed by atoms with E-state index in [1.165, 1.54) is 34.1 Å². The molecule has 0 fully saturated rings. The van der Waals surface area contributed by atoms with Crippen LogP contribution < -0.4 is 0 Å². The molecule has 9 nitrogen and oxygen atoms in total. The van der Waals surface area contributed by atoms with Crippen LogP contribution in [0.25, 0.3) is 5.69 Å². The standard InChI is InChI=1S/C16H18N4O5/c1-3-11(2)19(9-15(21)22)16(23)12-4-5-13(14(8-12)20(24)25)18-7-6-17-10-18/h4-8,10-11H,3,9H2,1-2H3,(H,21,22). The number of aliphatic carboxylic acids is 1. The number of hydrogen-bond donors (Lipinski definition) is 1. The van der Waals surface area contributed by atoms with Crippen LogP contribution in [0.5, 0.6) is 0 Å². The van der Waals surface area contributed by atoms with Crippen LogP contribution in [0, 0.1) is 10.1 Å². The summed E-state index contributed by atoms with van der Waals surface area (Å²) in [6, 6.07) is 3.75.